The SMILES string of the molecule is CC(C)(C)Oc1cc2ccc1C(F)(F)C(F)(F)c1ccc(cc1)C(F)(F)C2(F)F. The summed E-state index contributed by atoms with van der Waals surface area (Å²) in [5, 5.41) is 0. The minimum Gasteiger partial charge on any atom is -0.488 e. The summed E-state index contributed by atoms with van der Waals surface area (Å²) in [5.41, 5.74) is -6.56. The molecule has 0 saturated heterocycles. The molecule has 0 spiro atoms. The van der Waals surface area contributed by atoms with Gasteiger partial charge in [-0.25, -0.2) is 0 Å². The first-order valence-corrected chi connectivity index (χ1v) is 8.48. The topological polar surface area (TPSA) is 9.23 Å². The van der Waals surface area contributed by atoms with Crippen LogP contribution >= 0.6 is 0 Å². The van der Waals surface area contributed by atoms with Crippen LogP contribution in [-0.2, 0) is 23.7 Å². The minimum atomic E-state index is -4.87. The summed E-state index contributed by atoms with van der Waals surface area (Å²) in [7, 11) is 0. The molecule has 4 bridgehead atoms. The van der Waals surface area contributed by atoms with Crippen molar-refractivity contribution in [1.82, 2.24) is 0 Å². The summed E-state index contributed by atoms with van der Waals surface area (Å²) in [6.07, 6.45) is 0. The van der Waals surface area contributed by atoms with Gasteiger partial charge in [0.15, 0.2) is 0 Å². The van der Waals surface area contributed by atoms with Crippen LogP contribution in [0.3, 0.4) is 0 Å². The maximum absolute atomic E-state index is 14.9. The van der Waals surface area contributed by atoms with Crippen LogP contribution < -0.4 is 4.74 Å². The Balaban J connectivity index is 2.40. The standard InChI is InChI=1S/C20H16F8O/c1-16(2,3)29-15-10-13-8-9-14(15)20(27,28)18(23,24)12-6-4-11(5-7-12)17(21,22)19(13,25)26/h4-10H,1-3H3. The van der Waals surface area contributed by atoms with Crippen LogP contribution in [0, 0.1) is 0 Å². The fourth-order valence-corrected chi connectivity index (χ4v) is 2.99. The Bertz CT molecular complexity index is 926. The summed E-state index contributed by atoms with van der Waals surface area (Å²) < 4.78 is 123. The zero-order valence-electron chi connectivity index (χ0n) is 15.5. The molecule has 9 heteroatoms. The lowest BCUT2D eigenvalue weighted by atomic mass is 9.88. The third-order valence-corrected chi connectivity index (χ3v) is 4.50. The van der Waals surface area contributed by atoms with Gasteiger partial charge in [0.05, 0.1) is 5.56 Å². The number of benzene rings is 2. The molecule has 158 valence electrons. The van der Waals surface area contributed by atoms with Crippen molar-refractivity contribution in [3.05, 3.63) is 64.7 Å². The normalized spacial score (nSPS) is 21.3. The van der Waals surface area contributed by atoms with Crippen molar-refractivity contribution in [3.63, 3.8) is 0 Å². The van der Waals surface area contributed by atoms with E-state index >= 15 is 0 Å². The summed E-state index contributed by atoms with van der Waals surface area (Å²) in [6, 6.07) is 2.03. The molecule has 2 aromatic carbocycles. The molecule has 29 heavy (non-hydrogen) atoms. The predicted molar refractivity (Wildman–Crippen MR) is 88.8 cm³/mol. The number of hydrogen-bond donors (Lipinski definition) is 0. The largest absolute Gasteiger partial charge is 0.488 e. The third kappa shape index (κ3) is 3.14. The highest BCUT2D eigenvalue weighted by atomic mass is 19.3. The summed E-state index contributed by atoms with van der Waals surface area (Å²) in [6.45, 7) is 4.11. The lowest BCUT2D eigenvalue weighted by molar-refractivity contribution is -0.228. The van der Waals surface area contributed by atoms with Crippen molar-refractivity contribution in [2.75, 3.05) is 0 Å². The van der Waals surface area contributed by atoms with E-state index in [1.165, 1.54) is 20.8 Å². The molecule has 0 unspecified atom stereocenters. The maximum atomic E-state index is 14.9. The Morgan fingerprint density at radius 2 is 0.966 bits per heavy atom. The van der Waals surface area contributed by atoms with Crippen molar-refractivity contribution < 1.29 is 39.9 Å². The molecule has 0 aromatic heterocycles. The number of halogens is 8. The highest BCUT2D eigenvalue weighted by molar-refractivity contribution is 5.46. The lowest BCUT2D eigenvalue weighted by Crippen LogP contribution is -2.39. The van der Waals surface area contributed by atoms with Crippen LogP contribution in [0.15, 0.2) is 42.5 Å². The molecule has 0 amide bonds. The van der Waals surface area contributed by atoms with E-state index in [4.69, 9.17) is 4.74 Å². The Morgan fingerprint density at radius 3 is 1.41 bits per heavy atom. The van der Waals surface area contributed by atoms with Crippen LogP contribution in [0.1, 0.15) is 43.0 Å². The summed E-state index contributed by atoms with van der Waals surface area (Å²) >= 11 is 0. The quantitative estimate of drug-likeness (QED) is 0.451. The zero-order valence-corrected chi connectivity index (χ0v) is 15.5. The van der Waals surface area contributed by atoms with Gasteiger partial charge in [-0.1, -0.05) is 30.3 Å². The Kier molecular flexibility index (Phi) is 4.49. The summed E-state index contributed by atoms with van der Waals surface area (Å²) in [5.74, 6) is -20.3. The van der Waals surface area contributed by atoms with Gasteiger partial charge in [0.2, 0.25) is 0 Å². The molecule has 0 fully saturated rings. The molecule has 1 nitrogen and oxygen atoms in total. The van der Waals surface area contributed by atoms with Crippen LogP contribution in [0.5, 0.6) is 5.75 Å². The first-order chi connectivity index (χ1) is 13.0. The van der Waals surface area contributed by atoms with Crippen molar-refractivity contribution in [2.24, 2.45) is 0 Å². The molecule has 6 rings (SSSR count). The molecule has 0 atom stereocenters. The Labute approximate surface area is 161 Å². The Morgan fingerprint density at radius 1 is 0.586 bits per heavy atom. The predicted octanol–water partition coefficient (Wildman–Crippen LogP) is 6.94. The first-order valence-electron chi connectivity index (χ1n) is 8.48. The van der Waals surface area contributed by atoms with Gasteiger partial charge in [-0.15, -0.1) is 0 Å². The van der Waals surface area contributed by atoms with Gasteiger partial charge in [-0.3, -0.25) is 0 Å². The first kappa shape index (κ1) is 21.4. The fraction of sp³-hybridized carbons (Fsp3) is 0.400. The number of alkyl halides is 8. The van der Waals surface area contributed by atoms with Gasteiger partial charge in [0.25, 0.3) is 0 Å². The number of ether oxygens (including phenoxy) is 1. The highest BCUT2D eigenvalue weighted by Crippen LogP contribution is 2.56. The van der Waals surface area contributed by atoms with Crippen molar-refractivity contribution in [2.45, 2.75) is 50.1 Å². The number of rotatable bonds is 1. The van der Waals surface area contributed by atoms with Gasteiger partial charge >= 0.3 is 23.7 Å². The zero-order chi connectivity index (χ0) is 22.0. The van der Waals surface area contributed by atoms with Crippen molar-refractivity contribution >= 4 is 0 Å². The van der Waals surface area contributed by atoms with Crippen LogP contribution in [0.2, 0.25) is 0 Å². The maximum Gasteiger partial charge on any atom is 0.343 e. The molecule has 2 aromatic rings. The lowest BCUT2D eigenvalue weighted by Gasteiger charge is -2.34. The molecule has 4 aliphatic rings. The van der Waals surface area contributed by atoms with Crippen molar-refractivity contribution in [3.8, 4) is 5.75 Å². The molecule has 0 aliphatic heterocycles. The molecular formula is C20H16F8O. The third-order valence-electron chi connectivity index (χ3n) is 4.50. The van der Waals surface area contributed by atoms with Crippen LogP contribution in [0.4, 0.5) is 35.1 Å². The van der Waals surface area contributed by atoms with E-state index in [-0.39, 0.29) is 18.2 Å². The average Bonchev–Trinajstić information content (AvgIpc) is 2.59. The number of hydrogen-bond acceptors (Lipinski definition) is 1. The van der Waals surface area contributed by atoms with E-state index in [9.17, 15) is 35.1 Å². The molecule has 0 N–H and O–H groups in total. The average molecular weight is 424 g/mol. The molecule has 4 aliphatic carbocycles. The van der Waals surface area contributed by atoms with E-state index in [1.54, 1.807) is 0 Å². The van der Waals surface area contributed by atoms with E-state index in [2.05, 4.69) is 0 Å². The van der Waals surface area contributed by atoms with Crippen LogP contribution in [-0.4, -0.2) is 5.60 Å². The van der Waals surface area contributed by atoms with Gasteiger partial charge in [-0.2, -0.15) is 35.1 Å². The van der Waals surface area contributed by atoms with Gasteiger partial charge in [0.1, 0.15) is 11.4 Å². The smallest absolute Gasteiger partial charge is 0.343 e. The molecule has 0 radical (unpaired) electrons. The van der Waals surface area contributed by atoms with E-state index in [0.29, 0.717) is 24.3 Å². The van der Waals surface area contributed by atoms with Gasteiger partial charge in [-0.05, 0) is 32.9 Å². The van der Waals surface area contributed by atoms with Gasteiger partial charge in [0, 0.05) is 16.7 Å². The van der Waals surface area contributed by atoms with E-state index in [1.807, 2.05) is 0 Å². The second-order valence-electron chi connectivity index (χ2n) is 7.80. The molecule has 0 saturated carbocycles. The summed E-state index contributed by atoms with van der Waals surface area (Å²) in [4.78, 5) is 0. The second-order valence-corrected chi connectivity index (χ2v) is 7.80. The molecule has 0 heterocycles. The monoisotopic (exact) mass is 424 g/mol. The van der Waals surface area contributed by atoms with E-state index < -0.39 is 57.3 Å². The second kappa shape index (κ2) is 6.09. The van der Waals surface area contributed by atoms with Crippen molar-refractivity contribution in [1.29, 1.82) is 0 Å². The molecular weight excluding hydrogens is 408 g/mol. The van der Waals surface area contributed by atoms with Gasteiger partial charge < -0.3 is 4.74 Å². The minimum absolute atomic E-state index is 0.270. The fourth-order valence-electron chi connectivity index (χ4n) is 2.99. The highest BCUT2D eigenvalue weighted by Gasteiger charge is 2.63. The van der Waals surface area contributed by atoms with E-state index in [0.717, 1.165) is 0 Å². The Hall–Kier alpha value is -2.32. The van der Waals surface area contributed by atoms with Crippen LogP contribution in [0.25, 0.3) is 0 Å².